The van der Waals surface area contributed by atoms with Crippen LogP contribution in [0.4, 0.5) is 0 Å². The second-order valence-electron chi connectivity index (χ2n) is 23.7. The summed E-state index contributed by atoms with van der Waals surface area (Å²) >= 11 is 0. The third kappa shape index (κ3) is 20.3. The highest BCUT2D eigenvalue weighted by molar-refractivity contribution is 5.99. The van der Waals surface area contributed by atoms with E-state index >= 15 is 0 Å². The number of hydrogen-bond donors (Lipinski definition) is 12. The number of hydrogen-bond acceptors (Lipinski definition) is 14. The molecule has 2 fully saturated rings. The highest BCUT2D eigenvalue weighted by Crippen LogP contribution is 2.28. The molecular formula is C62H87N13O12. The minimum absolute atomic E-state index is 0.0327. The fraction of sp³-hybridized carbons (Fsp3) is 0.548. The largest absolute Gasteiger partial charge is 0.508 e. The predicted molar refractivity (Wildman–Crippen MR) is 324 cm³/mol. The second-order valence-corrected chi connectivity index (χ2v) is 23.7. The summed E-state index contributed by atoms with van der Waals surface area (Å²) in [4.78, 5) is 156. The molecule has 0 spiro atoms. The van der Waals surface area contributed by atoms with Gasteiger partial charge in [0, 0.05) is 92.4 Å². The number of aliphatic hydroxyl groups is 1. The molecule has 0 aliphatic carbocycles. The van der Waals surface area contributed by atoms with E-state index in [1.807, 2.05) is 52.8 Å². The van der Waals surface area contributed by atoms with Crippen LogP contribution in [-0.4, -0.2) is 157 Å². The van der Waals surface area contributed by atoms with E-state index in [0.29, 0.717) is 55.5 Å². The minimum atomic E-state index is -1.71. The number of aromatic hydroxyl groups is 1. The lowest BCUT2D eigenvalue weighted by molar-refractivity contribution is -0.143. The molecule has 87 heavy (non-hydrogen) atoms. The number of guanidine groups is 1. The number of amides is 7. The predicted octanol–water partition coefficient (Wildman–Crippen LogP) is 1.98. The number of nitrogens with zero attached hydrogens (tertiary/aromatic N) is 3. The standard InChI is InChI=1S/C62H87N13O12/c1-6-11-52(78)51-15-10-23-75(51)61(87)38(12-9-22-66-62(63)64)28-53(79)46(25-36(4)5)70-56(82)39(24-35(2)3)29-54(80)47(26-37-16-18-42(77)19-17-37)71-60(86)50(33-76)74-58(84)48(27-40-31-67-44-14-8-7-13-43(40)44)72-59(85)49(30-41-32-65-34-68-41)73-57(83)45-20-21-55(81)69-45/h7-8,13-14,16-19,31-32,34-36,38-39,45-51,67,76-77H,6,9-12,15,20-30,33H2,1-5H3,(H,65,68)(H,69,81)(H,70,82)(H,71,86)(H,72,85)(H,73,83)(H,74,84)(H4,63,64,66)/t38-,39+,45+,46+,47+,48+,49+,50+,51+/m1/s1. The number of likely N-dealkylation sites (tertiary alicyclic amines) is 1. The van der Waals surface area contributed by atoms with Gasteiger partial charge in [-0.3, -0.25) is 52.9 Å². The number of nitrogens with two attached hydrogens (primary N) is 2. The SMILES string of the molecule is CCCC(=O)[C@@H]1CCCN1C(=O)[C@H](CCCN=C(N)N)CC(=O)[C@H](CC(C)C)NC(=O)[C@H](CC(=O)[C@H](Cc1ccc(O)cc1)NC(=O)[C@H](CO)NC(=O)[C@H](Cc1c[nH]c2ccccc12)NC(=O)[C@H](Cc1cnc[nH]1)NC(=O)[C@@H]1CCC(=O)N1)CC(C)C. The smallest absolute Gasteiger partial charge is 0.245 e. The topological polar surface area (TPSA) is 395 Å². The molecule has 0 bridgehead atoms. The fourth-order valence-corrected chi connectivity index (χ4v) is 11.3. The second kappa shape index (κ2) is 32.9. The van der Waals surface area contributed by atoms with Crippen molar-refractivity contribution < 1.29 is 58.2 Å². The van der Waals surface area contributed by atoms with Crippen LogP contribution in [0.15, 0.2) is 72.2 Å². The third-order valence-corrected chi connectivity index (χ3v) is 15.7. The van der Waals surface area contributed by atoms with Gasteiger partial charge in [0.2, 0.25) is 41.4 Å². The number of carbonyl (C=O) groups excluding carboxylic acids is 10. The zero-order chi connectivity index (χ0) is 63.3. The van der Waals surface area contributed by atoms with Crippen LogP contribution in [0.3, 0.4) is 0 Å². The first-order valence-electron chi connectivity index (χ1n) is 30.2. The molecule has 2 aromatic carbocycles. The molecule has 9 atom stereocenters. The number of aromatic amines is 2. The van der Waals surface area contributed by atoms with E-state index in [1.165, 1.54) is 24.7 Å². The van der Waals surface area contributed by atoms with E-state index in [0.717, 1.165) is 10.9 Å². The summed E-state index contributed by atoms with van der Waals surface area (Å²) in [6.45, 7) is 8.99. The molecule has 25 heteroatoms. The Morgan fingerprint density at radius 2 is 1.39 bits per heavy atom. The van der Waals surface area contributed by atoms with Crippen LogP contribution in [0.25, 0.3) is 10.9 Å². The van der Waals surface area contributed by atoms with Gasteiger partial charge in [0.15, 0.2) is 23.3 Å². The van der Waals surface area contributed by atoms with Gasteiger partial charge < -0.3 is 68.4 Å². The summed E-state index contributed by atoms with van der Waals surface area (Å²) in [5.41, 5.74) is 13.4. The maximum atomic E-state index is 14.8. The average molecular weight is 1210 g/mol. The fourth-order valence-electron chi connectivity index (χ4n) is 11.3. The van der Waals surface area contributed by atoms with Gasteiger partial charge in [-0.05, 0) is 98.9 Å². The van der Waals surface area contributed by atoms with Crippen molar-refractivity contribution in [2.45, 2.75) is 173 Å². The van der Waals surface area contributed by atoms with Crippen LogP contribution < -0.4 is 43.4 Å². The Kier molecular flexibility index (Phi) is 25.6. The number of aliphatic imine (C=N–C) groups is 1. The number of H-pyrrole nitrogens is 2. The van der Waals surface area contributed by atoms with Crippen LogP contribution in [0.5, 0.6) is 5.75 Å². The molecule has 2 aromatic heterocycles. The Morgan fingerprint density at radius 3 is 2.03 bits per heavy atom. The van der Waals surface area contributed by atoms with Crippen molar-refractivity contribution in [3.8, 4) is 5.75 Å². The van der Waals surface area contributed by atoms with Gasteiger partial charge in [0.1, 0.15) is 29.9 Å². The van der Waals surface area contributed by atoms with E-state index in [1.54, 1.807) is 29.3 Å². The molecule has 2 aliphatic rings. The number of fused-ring (bicyclic) bond motifs is 1. The van der Waals surface area contributed by atoms with Gasteiger partial charge in [0.25, 0.3) is 0 Å². The summed E-state index contributed by atoms with van der Waals surface area (Å²) in [5, 5.41) is 37.9. The summed E-state index contributed by atoms with van der Waals surface area (Å²) < 4.78 is 0. The number of nitrogens with one attached hydrogen (secondary N) is 8. The number of ketones is 3. The molecule has 0 saturated carbocycles. The number of carbonyl (C=O) groups is 10. The van der Waals surface area contributed by atoms with Gasteiger partial charge in [-0.1, -0.05) is 65.0 Å². The number of phenolic OH excluding ortho intramolecular Hbond substituents is 1. The molecule has 14 N–H and O–H groups in total. The number of imidazole rings is 1. The van der Waals surface area contributed by atoms with E-state index < -0.39 is 108 Å². The van der Waals surface area contributed by atoms with Gasteiger partial charge in [-0.2, -0.15) is 0 Å². The zero-order valence-electron chi connectivity index (χ0n) is 50.4. The lowest BCUT2D eigenvalue weighted by atomic mass is 9.86. The Labute approximate surface area is 506 Å². The maximum absolute atomic E-state index is 14.8. The van der Waals surface area contributed by atoms with Crippen molar-refractivity contribution in [3.05, 3.63) is 84.1 Å². The van der Waals surface area contributed by atoms with Gasteiger partial charge >= 0.3 is 0 Å². The normalized spacial score (nSPS) is 17.3. The Bertz CT molecular complexity index is 3050. The van der Waals surface area contributed by atoms with E-state index in [9.17, 15) is 58.2 Å². The maximum Gasteiger partial charge on any atom is 0.245 e. The Morgan fingerprint density at radius 1 is 0.747 bits per heavy atom. The number of aromatic nitrogens is 3. The molecule has 2 saturated heterocycles. The number of phenols is 1. The van der Waals surface area contributed by atoms with Crippen LogP contribution in [-0.2, 0) is 67.2 Å². The molecule has 0 radical (unpaired) electrons. The molecule has 25 nitrogen and oxygen atoms in total. The first kappa shape index (κ1) is 67.6. The molecule has 6 rings (SSSR count). The molecule has 0 unspecified atom stereocenters. The Balaban J connectivity index is 1.22. The van der Waals surface area contributed by atoms with Crippen molar-refractivity contribution in [2.75, 3.05) is 19.7 Å². The summed E-state index contributed by atoms with van der Waals surface area (Å²) in [6, 6.07) is 4.74. The van der Waals surface area contributed by atoms with Crippen LogP contribution in [0, 0.1) is 23.7 Å². The van der Waals surface area contributed by atoms with Crippen LogP contribution in [0.1, 0.15) is 128 Å². The van der Waals surface area contributed by atoms with Crippen molar-refractivity contribution in [3.63, 3.8) is 0 Å². The van der Waals surface area contributed by atoms with Crippen LogP contribution in [0.2, 0.25) is 0 Å². The monoisotopic (exact) mass is 1210 g/mol. The average Bonchev–Trinajstić information content (AvgIpc) is 3.53. The number of aliphatic hydroxyl groups excluding tert-OH is 1. The highest BCUT2D eigenvalue weighted by Gasteiger charge is 2.40. The molecule has 2 aliphatic heterocycles. The minimum Gasteiger partial charge on any atom is -0.508 e. The third-order valence-electron chi connectivity index (χ3n) is 15.7. The molecule has 472 valence electrons. The molecule has 4 heterocycles. The van der Waals surface area contributed by atoms with Crippen molar-refractivity contribution in [2.24, 2.45) is 40.1 Å². The molecule has 7 amide bonds. The van der Waals surface area contributed by atoms with Crippen molar-refractivity contribution in [1.29, 1.82) is 0 Å². The van der Waals surface area contributed by atoms with Crippen molar-refractivity contribution >= 4 is 75.6 Å². The van der Waals surface area contributed by atoms with Gasteiger partial charge in [-0.15, -0.1) is 0 Å². The van der Waals surface area contributed by atoms with E-state index in [4.69, 9.17) is 11.5 Å². The van der Waals surface area contributed by atoms with Gasteiger partial charge in [-0.25, -0.2) is 4.98 Å². The summed E-state index contributed by atoms with van der Waals surface area (Å²) in [5.74, 6) is -7.95. The van der Waals surface area contributed by atoms with Crippen LogP contribution >= 0.6 is 0 Å². The number of benzene rings is 2. The molecule has 4 aromatic rings. The highest BCUT2D eigenvalue weighted by atomic mass is 16.3. The van der Waals surface area contributed by atoms with Gasteiger partial charge in [0.05, 0.1) is 31.1 Å². The number of rotatable bonds is 35. The number of Topliss-reactive ketones (excluding diaryl/α,β-unsaturated/α-hetero) is 3. The lowest BCUT2D eigenvalue weighted by Gasteiger charge is -2.30. The first-order chi connectivity index (χ1) is 41.5. The quantitative estimate of drug-likeness (QED) is 0.0178. The van der Waals surface area contributed by atoms with E-state index in [2.05, 4.69) is 51.8 Å². The first-order valence-corrected chi connectivity index (χ1v) is 30.2. The lowest BCUT2D eigenvalue weighted by Crippen LogP contribution is -2.60. The zero-order valence-corrected chi connectivity index (χ0v) is 50.4. The summed E-state index contributed by atoms with van der Waals surface area (Å²) in [7, 11) is 0. The number of para-hydroxylation sites is 1. The van der Waals surface area contributed by atoms with E-state index in [-0.39, 0.29) is 105 Å². The Hall–Kier alpha value is -8.48. The van der Waals surface area contributed by atoms with Crippen molar-refractivity contribution in [1.82, 2.24) is 51.8 Å². The summed E-state index contributed by atoms with van der Waals surface area (Å²) in [6.07, 6.45) is 6.86. The molecular weight excluding hydrogens is 1120 g/mol.